The summed E-state index contributed by atoms with van der Waals surface area (Å²) < 4.78 is 11.7. The SMILES string of the molecule is CCCc1nc(C(C)(C)O)c(C(=O)O)n1Cc1ccc(-c2ccccc2/C(N)=N/N(N)COC(=O)Oc2cccc(CO[N+](=O)[O-])c2)cc1. The molecule has 16 heteroatoms. The Morgan fingerprint density at radius 3 is 2.45 bits per heavy atom. The van der Waals surface area contributed by atoms with Crippen LogP contribution in [-0.4, -0.2) is 54.7 Å². The summed E-state index contributed by atoms with van der Waals surface area (Å²) in [7, 11) is 0. The molecular weight excluding hydrogens is 638 g/mol. The first-order valence-corrected chi connectivity index (χ1v) is 15.1. The zero-order chi connectivity index (χ0) is 35.7. The van der Waals surface area contributed by atoms with Gasteiger partial charge in [-0.15, -0.1) is 15.2 Å². The van der Waals surface area contributed by atoms with Crippen molar-refractivity contribution in [2.24, 2.45) is 16.7 Å². The molecule has 49 heavy (non-hydrogen) atoms. The third-order valence-electron chi connectivity index (χ3n) is 7.10. The van der Waals surface area contributed by atoms with Crippen molar-refractivity contribution < 1.29 is 39.2 Å². The van der Waals surface area contributed by atoms with Crippen molar-refractivity contribution in [3.8, 4) is 16.9 Å². The van der Waals surface area contributed by atoms with E-state index in [0.29, 0.717) is 23.4 Å². The van der Waals surface area contributed by atoms with Gasteiger partial charge in [0.15, 0.2) is 18.3 Å². The van der Waals surface area contributed by atoms with E-state index in [-0.39, 0.29) is 36.1 Å². The molecule has 0 spiro atoms. The van der Waals surface area contributed by atoms with Gasteiger partial charge >= 0.3 is 12.1 Å². The minimum atomic E-state index is -1.43. The van der Waals surface area contributed by atoms with Gasteiger partial charge in [0.05, 0.1) is 0 Å². The highest BCUT2D eigenvalue weighted by Gasteiger charge is 2.31. The van der Waals surface area contributed by atoms with Gasteiger partial charge in [0.2, 0.25) is 0 Å². The zero-order valence-corrected chi connectivity index (χ0v) is 27.1. The number of rotatable bonds is 15. The quantitative estimate of drug-likeness (QED) is 0.0203. The maximum Gasteiger partial charge on any atom is 0.515 e. The molecule has 6 N–H and O–H groups in total. The number of carboxylic acid groups (broad SMARTS) is 1. The second-order valence-electron chi connectivity index (χ2n) is 11.4. The lowest BCUT2D eigenvalue weighted by atomic mass is 9.98. The summed E-state index contributed by atoms with van der Waals surface area (Å²) in [6, 6.07) is 20.6. The average molecular weight is 676 g/mol. The minimum Gasteiger partial charge on any atom is -0.477 e. The number of benzene rings is 3. The number of ether oxygens (including phenoxy) is 2. The monoisotopic (exact) mass is 675 g/mol. The molecule has 1 heterocycles. The molecule has 0 fully saturated rings. The number of aryl methyl sites for hydroxylation is 1. The van der Waals surface area contributed by atoms with E-state index >= 15 is 0 Å². The van der Waals surface area contributed by atoms with Crippen LogP contribution < -0.4 is 16.3 Å². The van der Waals surface area contributed by atoms with E-state index in [1.54, 1.807) is 22.8 Å². The maximum atomic E-state index is 12.3. The first-order chi connectivity index (χ1) is 23.3. The fraction of sp³-hybridized carbons (Fsp3) is 0.273. The smallest absolute Gasteiger partial charge is 0.477 e. The molecule has 0 radical (unpaired) electrons. The molecule has 0 bridgehead atoms. The van der Waals surface area contributed by atoms with Crippen LogP contribution in [0.2, 0.25) is 0 Å². The van der Waals surface area contributed by atoms with Crippen LogP contribution in [0.5, 0.6) is 5.75 Å². The third kappa shape index (κ3) is 9.52. The Bertz CT molecular complexity index is 1830. The Morgan fingerprint density at radius 2 is 1.80 bits per heavy atom. The summed E-state index contributed by atoms with van der Waals surface area (Å²) in [6.45, 7) is 4.40. The van der Waals surface area contributed by atoms with Crippen molar-refractivity contribution in [2.75, 3.05) is 6.73 Å². The predicted molar refractivity (Wildman–Crippen MR) is 176 cm³/mol. The molecule has 0 saturated heterocycles. The summed E-state index contributed by atoms with van der Waals surface area (Å²) in [5.74, 6) is 5.43. The molecule has 0 atom stereocenters. The number of aromatic nitrogens is 2. The molecule has 4 rings (SSSR count). The van der Waals surface area contributed by atoms with Gasteiger partial charge in [-0.3, -0.25) is 0 Å². The van der Waals surface area contributed by atoms with Gasteiger partial charge in [-0.2, -0.15) is 5.12 Å². The second kappa shape index (κ2) is 15.7. The van der Waals surface area contributed by atoms with E-state index in [4.69, 9.17) is 21.1 Å². The molecule has 0 aliphatic rings. The largest absolute Gasteiger partial charge is 0.515 e. The summed E-state index contributed by atoms with van der Waals surface area (Å²) in [4.78, 5) is 43.7. The maximum absolute atomic E-state index is 12.3. The highest BCUT2D eigenvalue weighted by Crippen LogP contribution is 2.28. The number of carbonyl (C=O) groups excluding carboxylic acids is 1. The fourth-order valence-corrected chi connectivity index (χ4v) is 4.95. The van der Waals surface area contributed by atoms with Gasteiger partial charge in [-0.25, -0.2) is 20.4 Å². The first kappa shape index (κ1) is 35.8. The Labute approximate surface area is 281 Å². The van der Waals surface area contributed by atoms with Crippen LogP contribution in [0.4, 0.5) is 4.79 Å². The van der Waals surface area contributed by atoms with Gasteiger partial charge in [-0.05, 0) is 54.7 Å². The Hall–Kier alpha value is -6.00. The minimum absolute atomic E-state index is 0.0329. The summed E-state index contributed by atoms with van der Waals surface area (Å²) in [5, 5.41) is 35.0. The van der Waals surface area contributed by atoms with Crippen molar-refractivity contribution in [3.63, 3.8) is 0 Å². The van der Waals surface area contributed by atoms with Crippen LogP contribution >= 0.6 is 0 Å². The number of carbonyl (C=O) groups is 2. The second-order valence-corrected chi connectivity index (χ2v) is 11.4. The van der Waals surface area contributed by atoms with E-state index < -0.39 is 29.5 Å². The standard InChI is InChI=1S/C33H37N7O9/c1-4-8-27-36-29(33(2,3)44)28(31(41)42)38(27)18-21-13-15-23(16-14-21)25-11-5-6-12-26(25)30(34)37-39(35)20-47-32(43)49-24-10-7-9-22(17-24)19-48-40(45)46/h5-7,9-17,44H,4,8,18-20,35H2,1-3H3,(H2,34,37)(H,41,42). The lowest BCUT2D eigenvalue weighted by molar-refractivity contribution is -0.763. The molecule has 0 aliphatic carbocycles. The number of imidazole rings is 1. The van der Waals surface area contributed by atoms with Crippen LogP contribution in [0, 0.1) is 10.1 Å². The number of hydrazone groups is 1. The van der Waals surface area contributed by atoms with Gasteiger partial charge < -0.3 is 34.8 Å². The van der Waals surface area contributed by atoms with E-state index in [1.165, 1.54) is 32.0 Å². The number of hydrogen-bond acceptors (Lipinski definition) is 12. The van der Waals surface area contributed by atoms with Gasteiger partial charge in [0.25, 0.3) is 5.09 Å². The normalized spacial score (nSPS) is 11.6. The van der Waals surface area contributed by atoms with E-state index in [0.717, 1.165) is 28.2 Å². The number of aliphatic hydroxyl groups is 1. The van der Waals surface area contributed by atoms with Gasteiger partial charge in [0, 0.05) is 18.5 Å². The molecule has 3 aromatic carbocycles. The molecule has 0 aliphatic heterocycles. The molecular formula is C33H37N7O9. The Kier molecular flexibility index (Phi) is 11.5. The Morgan fingerprint density at radius 1 is 1.08 bits per heavy atom. The summed E-state index contributed by atoms with van der Waals surface area (Å²) >= 11 is 0. The van der Waals surface area contributed by atoms with Gasteiger partial charge in [-0.1, -0.05) is 67.6 Å². The van der Waals surface area contributed by atoms with Crippen LogP contribution in [0.25, 0.3) is 11.1 Å². The highest BCUT2D eigenvalue weighted by atomic mass is 16.9. The predicted octanol–water partition coefficient (Wildman–Crippen LogP) is 4.15. The van der Waals surface area contributed by atoms with E-state index in [2.05, 4.69) is 14.9 Å². The van der Waals surface area contributed by atoms with Crippen molar-refractivity contribution in [1.29, 1.82) is 0 Å². The van der Waals surface area contributed by atoms with Crippen molar-refractivity contribution >= 4 is 18.0 Å². The first-order valence-electron chi connectivity index (χ1n) is 15.1. The number of nitrogens with zero attached hydrogens (tertiary/aromatic N) is 5. The molecule has 4 aromatic rings. The van der Waals surface area contributed by atoms with E-state index in [9.17, 15) is 29.9 Å². The number of nitrogens with two attached hydrogens (primary N) is 2. The van der Waals surface area contributed by atoms with Crippen molar-refractivity contribution in [3.05, 3.63) is 117 Å². The van der Waals surface area contributed by atoms with Crippen LogP contribution in [0.15, 0.2) is 77.9 Å². The molecule has 258 valence electrons. The lowest BCUT2D eigenvalue weighted by Gasteiger charge is -2.16. The highest BCUT2D eigenvalue weighted by molar-refractivity contribution is 6.03. The van der Waals surface area contributed by atoms with Crippen molar-refractivity contribution in [1.82, 2.24) is 14.7 Å². The Balaban J connectivity index is 1.45. The lowest BCUT2D eigenvalue weighted by Crippen LogP contribution is -2.33. The van der Waals surface area contributed by atoms with Gasteiger partial charge in [0.1, 0.15) is 29.5 Å². The number of carboxylic acids is 1. The average Bonchev–Trinajstić information content (AvgIpc) is 3.42. The number of amidine groups is 1. The van der Waals surface area contributed by atoms with Crippen LogP contribution in [-0.2, 0) is 34.7 Å². The topological polar surface area (TPSA) is 231 Å². The molecule has 0 unspecified atom stereocenters. The number of aromatic carboxylic acids is 1. The third-order valence-corrected chi connectivity index (χ3v) is 7.10. The molecule has 0 saturated carbocycles. The van der Waals surface area contributed by atoms with E-state index in [1.807, 2.05) is 43.3 Å². The van der Waals surface area contributed by atoms with Crippen molar-refractivity contribution in [2.45, 2.75) is 52.4 Å². The number of hydrazine groups is 1. The molecule has 1 aromatic heterocycles. The molecule has 0 amide bonds. The molecule has 16 nitrogen and oxygen atoms in total. The number of hydrogen-bond donors (Lipinski definition) is 4. The zero-order valence-electron chi connectivity index (χ0n) is 27.1. The summed E-state index contributed by atoms with van der Waals surface area (Å²) in [5.41, 5.74) is 8.23. The summed E-state index contributed by atoms with van der Waals surface area (Å²) in [6.07, 6.45) is 0.195. The van der Waals surface area contributed by atoms with Crippen LogP contribution in [0.3, 0.4) is 0 Å². The fourth-order valence-electron chi connectivity index (χ4n) is 4.95. The van der Waals surface area contributed by atoms with Crippen LogP contribution in [0.1, 0.15) is 65.9 Å².